The molecule has 8 nitrogen and oxygen atoms in total. The van der Waals surface area contributed by atoms with E-state index in [-0.39, 0.29) is 6.04 Å². The topological polar surface area (TPSA) is 87.2 Å². The number of carbonyl (C=O) groups is 4. The van der Waals surface area contributed by atoms with Crippen molar-refractivity contribution < 1.29 is 23.9 Å². The van der Waals surface area contributed by atoms with Crippen molar-refractivity contribution in [3.8, 4) is 5.75 Å². The van der Waals surface area contributed by atoms with Crippen LogP contribution in [-0.4, -0.2) is 65.2 Å². The number of carbonyl (C=O) groups excluding carboxylic acids is 4. The third kappa shape index (κ3) is 4.51. The van der Waals surface area contributed by atoms with Crippen LogP contribution in [0.25, 0.3) is 0 Å². The number of amides is 5. The quantitative estimate of drug-likeness (QED) is 0.474. The van der Waals surface area contributed by atoms with Gasteiger partial charge in [0.1, 0.15) is 12.3 Å². The first kappa shape index (κ1) is 21.5. The first-order chi connectivity index (χ1) is 14.3. The lowest BCUT2D eigenvalue weighted by Crippen LogP contribution is -2.46. The summed E-state index contributed by atoms with van der Waals surface area (Å²) in [5.41, 5.74) is 0.884. The minimum absolute atomic E-state index is 0.181. The van der Waals surface area contributed by atoms with Crippen molar-refractivity contribution >= 4 is 35.1 Å². The molecule has 0 spiro atoms. The molecule has 1 saturated heterocycles. The predicted molar refractivity (Wildman–Crippen MR) is 111 cm³/mol. The second-order valence-corrected chi connectivity index (χ2v) is 8.07. The number of thiophene rings is 1. The summed E-state index contributed by atoms with van der Waals surface area (Å²) in [4.78, 5) is 53.3. The van der Waals surface area contributed by atoms with Crippen molar-refractivity contribution in [2.24, 2.45) is 0 Å². The Balaban J connectivity index is 1.80. The van der Waals surface area contributed by atoms with E-state index in [4.69, 9.17) is 4.74 Å². The fourth-order valence-electron chi connectivity index (χ4n) is 3.23. The van der Waals surface area contributed by atoms with Gasteiger partial charge in [-0.3, -0.25) is 19.3 Å². The molecule has 0 unspecified atom stereocenters. The lowest BCUT2D eigenvalue weighted by Gasteiger charge is -2.30. The number of ether oxygens (including phenoxy) is 1. The molecular weight excluding hydrogens is 406 g/mol. The Morgan fingerprint density at radius 3 is 2.37 bits per heavy atom. The summed E-state index contributed by atoms with van der Waals surface area (Å²) in [6.45, 7) is 1.75. The third-order valence-corrected chi connectivity index (χ3v) is 5.88. The highest BCUT2D eigenvalue weighted by Gasteiger charge is 2.43. The van der Waals surface area contributed by atoms with Crippen LogP contribution in [0.1, 0.15) is 17.4 Å². The Kier molecular flexibility index (Phi) is 6.51. The molecule has 0 saturated carbocycles. The SMILES string of the molecule is COc1ccc(CN(C(=O)CN2C(=O)C(=O)N(C)C2=O)[C@@H](C)Cc2cccs2)cc1. The highest BCUT2D eigenvalue weighted by molar-refractivity contribution is 7.09. The van der Waals surface area contributed by atoms with Gasteiger partial charge in [-0.25, -0.2) is 9.69 Å². The van der Waals surface area contributed by atoms with E-state index in [0.29, 0.717) is 23.6 Å². The molecule has 3 rings (SSSR count). The van der Waals surface area contributed by atoms with E-state index in [2.05, 4.69) is 0 Å². The molecule has 158 valence electrons. The number of nitrogens with zero attached hydrogens (tertiary/aromatic N) is 3. The molecule has 0 bridgehead atoms. The Bertz CT molecular complexity index is 942. The zero-order chi connectivity index (χ0) is 21.8. The largest absolute Gasteiger partial charge is 0.497 e. The highest BCUT2D eigenvalue weighted by atomic mass is 32.1. The predicted octanol–water partition coefficient (Wildman–Crippen LogP) is 2.14. The molecule has 1 fully saturated rings. The van der Waals surface area contributed by atoms with Crippen LogP contribution >= 0.6 is 11.3 Å². The van der Waals surface area contributed by atoms with E-state index in [1.165, 1.54) is 7.05 Å². The van der Waals surface area contributed by atoms with E-state index in [1.54, 1.807) is 23.3 Å². The average Bonchev–Trinajstić information content (AvgIpc) is 3.32. The summed E-state index contributed by atoms with van der Waals surface area (Å²) < 4.78 is 5.17. The van der Waals surface area contributed by atoms with Crippen LogP contribution in [0.3, 0.4) is 0 Å². The minimum Gasteiger partial charge on any atom is -0.497 e. The summed E-state index contributed by atoms with van der Waals surface area (Å²) in [5.74, 6) is -1.61. The molecule has 1 aromatic heterocycles. The number of benzene rings is 1. The van der Waals surface area contributed by atoms with Crippen molar-refractivity contribution in [3.63, 3.8) is 0 Å². The van der Waals surface area contributed by atoms with Gasteiger partial charge in [-0.15, -0.1) is 11.3 Å². The van der Waals surface area contributed by atoms with E-state index >= 15 is 0 Å². The Hall–Kier alpha value is -3.20. The maximum Gasteiger partial charge on any atom is 0.334 e. The summed E-state index contributed by atoms with van der Waals surface area (Å²) in [6.07, 6.45) is 0.639. The number of urea groups is 1. The minimum atomic E-state index is -0.980. The van der Waals surface area contributed by atoms with E-state index < -0.39 is 30.3 Å². The smallest absolute Gasteiger partial charge is 0.334 e. The van der Waals surface area contributed by atoms with Crippen LogP contribution in [0, 0.1) is 0 Å². The van der Waals surface area contributed by atoms with Crippen LogP contribution in [0.15, 0.2) is 41.8 Å². The second-order valence-electron chi connectivity index (χ2n) is 7.04. The van der Waals surface area contributed by atoms with Gasteiger partial charge in [0.25, 0.3) is 0 Å². The zero-order valence-corrected chi connectivity index (χ0v) is 17.8. The van der Waals surface area contributed by atoms with Crippen LogP contribution in [0.5, 0.6) is 5.75 Å². The Labute approximate surface area is 178 Å². The number of hydrogen-bond acceptors (Lipinski definition) is 6. The monoisotopic (exact) mass is 429 g/mol. The van der Waals surface area contributed by atoms with Crippen molar-refractivity contribution in [2.75, 3.05) is 20.7 Å². The Morgan fingerprint density at radius 2 is 1.83 bits per heavy atom. The van der Waals surface area contributed by atoms with Gasteiger partial charge in [0, 0.05) is 30.9 Å². The molecule has 1 aliphatic heterocycles. The zero-order valence-electron chi connectivity index (χ0n) is 17.0. The van der Waals surface area contributed by atoms with Crippen molar-refractivity contribution in [1.29, 1.82) is 0 Å². The highest BCUT2D eigenvalue weighted by Crippen LogP contribution is 2.19. The Morgan fingerprint density at radius 1 is 1.13 bits per heavy atom. The van der Waals surface area contributed by atoms with Crippen molar-refractivity contribution in [2.45, 2.75) is 25.9 Å². The van der Waals surface area contributed by atoms with Gasteiger partial charge >= 0.3 is 17.8 Å². The molecule has 1 atom stereocenters. The number of imide groups is 2. The molecule has 5 amide bonds. The number of methoxy groups -OCH3 is 1. The molecule has 0 N–H and O–H groups in total. The molecule has 2 heterocycles. The van der Waals surface area contributed by atoms with Gasteiger partial charge in [0.05, 0.1) is 7.11 Å². The van der Waals surface area contributed by atoms with Gasteiger partial charge in [-0.2, -0.15) is 0 Å². The number of likely N-dealkylation sites (N-methyl/N-ethyl adjacent to an activating group) is 1. The van der Waals surface area contributed by atoms with E-state index in [1.807, 2.05) is 48.7 Å². The number of hydrogen-bond donors (Lipinski definition) is 0. The maximum atomic E-state index is 13.1. The molecule has 0 aliphatic carbocycles. The molecule has 9 heteroatoms. The van der Waals surface area contributed by atoms with Crippen LogP contribution < -0.4 is 4.74 Å². The van der Waals surface area contributed by atoms with E-state index in [9.17, 15) is 19.2 Å². The van der Waals surface area contributed by atoms with Gasteiger partial charge in [0.15, 0.2) is 0 Å². The molecule has 1 aromatic carbocycles. The van der Waals surface area contributed by atoms with Crippen LogP contribution in [-0.2, 0) is 27.3 Å². The van der Waals surface area contributed by atoms with Gasteiger partial charge in [-0.1, -0.05) is 18.2 Å². The third-order valence-electron chi connectivity index (χ3n) is 4.99. The summed E-state index contributed by atoms with van der Waals surface area (Å²) in [5, 5.41) is 1.97. The maximum absolute atomic E-state index is 13.1. The van der Waals surface area contributed by atoms with Crippen molar-refractivity contribution in [3.05, 3.63) is 52.2 Å². The first-order valence-corrected chi connectivity index (χ1v) is 10.3. The van der Waals surface area contributed by atoms with Crippen molar-refractivity contribution in [1.82, 2.24) is 14.7 Å². The fourth-order valence-corrected chi connectivity index (χ4v) is 4.05. The summed E-state index contributed by atoms with van der Waals surface area (Å²) in [6, 6.07) is 10.3. The fraction of sp³-hybridized carbons (Fsp3) is 0.333. The summed E-state index contributed by atoms with van der Waals surface area (Å²) >= 11 is 1.60. The molecular formula is C21H23N3O5S. The first-order valence-electron chi connectivity index (χ1n) is 9.40. The average molecular weight is 429 g/mol. The normalized spacial score (nSPS) is 15.0. The molecule has 1 aliphatic rings. The lowest BCUT2D eigenvalue weighted by atomic mass is 10.1. The molecule has 0 radical (unpaired) electrons. The standard InChI is InChI=1S/C21H23N3O5S/c1-14(11-17-5-4-10-30-17)23(12-15-6-8-16(29-3)9-7-15)18(25)13-24-20(27)19(26)22(2)21(24)28/h4-10,14H,11-13H2,1-3H3/t14-/m0/s1. The molecule has 2 aromatic rings. The van der Waals surface area contributed by atoms with Crippen LogP contribution in [0.4, 0.5) is 4.79 Å². The van der Waals surface area contributed by atoms with Gasteiger partial charge < -0.3 is 9.64 Å². The van der Waals surface area contributed by atoms with Crippen LogP contribution in [0.2, 0.25) is 0 Å². The molecule has 30 heavy (non-hydrogen) atoms. The van der Waals surface area contributed by atoms with Gasteiger partial charge in [-0.05, 0) is 36.1 Å². The second kappa shape index (κ2) is 9.08. The summed E-state index contributed by atoms with van der Waals surface area (Å²) in [7, 11) is 2.80. The lowest BCUT2D eigenvalue weighted by molar-refractivity contribution is -0.145. The van der Waals surface area contributed by atoms with E-state index in [0.717, 1.165) is 15.3 Å². The van der Waals surface area contributed by atoms with Gasteiger partial charge in [0.2, 0.25) is 5.91 Å². The number of rotatable bonds is 8.